The number of imidazole rings is 1. The SMILES string of the molecule is CC(C)Nc1cc(-c2cnc3ccc(N)nn23)ncc1C(=O)NC[C@@H](F)C(C)(C)O. The van der Waals surface area contributed by atoms with Gasteiger partial charge in [-0.1, -0.05) is 0 Å². The van der Waals surface area contributed by atoms with Crippen molar-refractivity contribution in [2.45, 2.75) is 45.5 Å². The van der Waals surface area contributed by atoms with E-state index in [9.17, 15) is 14.3 Å². The zero-order chi connectivity index (χ0) is 22.1. The largest absolute Gasteiger partial charge is 0.387 e. The maximum absolute atomic E-state index is 14.0. The van der Waals surface area contributed by atoms with E-state index in [1.807, 2.05) is 13.8 Å². The van der Waals surface area contributed by atoms with Crippen LogP contribution in [0.4, 0.5) is 15.9 Å². The third kappa shape index (κ3) is 4.65. The molecule has 0 saturated carbocycles. The van der Waals surface area contributed by atoms with Crippen LogP contribution >= 0.6 is 0 Å². The molecule has 0 aromatic carbocycles. The maximum atomic E-state index is 14.0. The monoisotopic (exact) mass is 415 g/mol. The standard InChI is InChI=1S/C20H26FN7O2/c1-11(2)26-13-7-14(15-9-24-18-6-5-17(22)27-28(15)18)23-8-12(13)19(29)25-10-16(21)20(3,4)30/h5-9,11,16,30H,10H2,1-4H3,(H2,22,27)(H,23,26)(H,25,29)/t16-/m1/s1. The number of hydrogen-bond acceptors (Lipinski definition) is 7. The number of amides is 1. The van der Waals surface area contributed by atoms with Crippen molar-refractivity contribution >= 4 is 23.1 Å². The van der Waals surface area contributed by atoms with E-state index in [4.69, 9.17) is 5.73 Å². The highest BCUT2D eigenvalue weighted by molar-refractivity contribution is 6.00. The van der Waals surface area contributed by atoms with Gasteiger partial charge in [0, 0.05) is 12.2 Å². The normalized spacial score (nSPS) is 12.9. The molecule has 160 valence electrons. The second-order valence-electron chi connectivity index (χ2n) is 7.92. The van der Waals surface area contributed by atoms with Crippen molar-refractivity contribution in [2.24, 2.45) is 0 Å². The summed E-state index contributed by atoms with van der Waals surface area (Å²) in [6.45, 7) is 6.25. The van der Waals surface area contributed by atoms with Crippen molar-refractivity contribution < 1.29 is 14.3 Å². The molecule has 10 heteroatoms. The third-order valence-electron chi connectivity index (χ3n) is 4.45. The Kier molecular flexibility index (Phi) is 5.88. The number of carbonyl (C=O) groups is 1. The zero-order valence-electron chi connectivity index (χ0n) is 17.3. The minimum atomic E-state index is -1.61. The maximum Gasteiger partial charge on any atom is 0.255 e. The van der Waals surface area contributed by atoms with Crippen molar-refractivity contribution in [2.75, 3.05) is 17.6 Å². The fourth-order valence-electron chi connectivity index (χ4n) is 2.80. The van der Waals surface area contributed by atoms with Crippen molar-refractivity contribution in [3.05, 3.63) is 36.2 Å². The molecule has 1 amide bonds. The first-order valence-electron chi connectivity index (χ1n) is 9.58. The molecular formula is C20H26FN7O2. The number of aliphatic hydroxyl groups is 1. The smallest absolute Gasteiger partial charge is 0.255 e. The van der Waals surface area contributed by atoms with Crippen molar-refractivity contribution in [3.63, 3.8) is 0 Å². The topological polar surface area (TPSA) is 130 Å². The Morgan fingerprint density at radius 3 is 2.70 bits per heavy atom. The second kappa shape index (κ2) is 8.23. The number of nitrogens with two attached hydrogens (primary N) is 1. The van der Waals surface area contributed by atoms with Gasteiger partial charge in [-0.25, -0.2) is 13.9 Å². The molecule has 0 unspecified atom stereocenters. The Balaban J connectivity index is 1.93. The van der Waals surface area contributed by atoms with E-state index in [-0.39, 0.29) is 18.2 Å². The van der Waals surface area contributed by atoms with Crippen LogP contribution in [0, 0.1) is 0 Å². The molecule has 9 nitrogen and oxygen atoms in total. The van der Waals surface area contributed by atoms with Gasteiger partial charge in [0.25, 0.3) is 5.91 Å². The van der Waals surface area contributed by atoms with Gasteiger partial charge in [0.15, 0.2) is 5.65 Å². The zero-order valence-corrected chi connectivity index (χ0v) is 17.3. The average molecular weight is 415 g/mol. The number of alkyl halides is 1. The summed E-state index contributed by atoms with van der Waals surface area (Å²) in [5.41, 5.74) is 6.80. The number of hydrogen-bond donors (Lipinski definition) is 4. The summed E-state index contributed by atoms with van der Waals surface area (Å²) in [5.74, 6) is -0.157. The second-order valence-corrected chi connectivity index (χ2v) is 7.92. The first-order chi connectivity index (χ1) is 14.1. The highest BCUT2D eigenvalue weighted by atomic mass is 19.1. The number of nitrogen functional groups attached to an aromatic ring is 1. The number of nitrogens with zero attached hydrogens (tertiary/aromatic N) is 4. The van der Waals surface area contributed by atoms with Gasteiger partial charge in [0.2, 0.25) is 0 Å². The summed E-state index contributed by atoms with van der Waals surface area (Å²) >= 11 is 0. The third-order valence-corrected chi connectivity index (χ3v) is 4.45. The number of rotatable bonds is 7. The van der Waals surface area contributed by atoms with Crippen LogP contribution in [0.15, 0.2) is 30.6 Å². The fraction of sp³-hybridized carbons (Fsp3) is 0.400. The lowest BCUT2D eigenvalue weighted by Crippen LogP contribution is -2.42. The molecule has 5 N–H and O–H groups in total. The van der Waals surface area contributed by atoms with Gasteiger partial charge >= 0.3 is 0 Å². The van der Waals surface area contributed by atoms with Crippen LogP contribution in [0.25, 0.3) is 17.0 Å². The number of nitrogens with one attached hydrogen (secondary N) is 2. The molecule has 3 rings (SSSR count). The van der Waals surface area contributed by atoms with Crippen LogP contribution in [-0.4, -0.2) is 55.0 Å². The summed E-state index contributed by atoms with van der Waals surface area (Å²) in [5, 5.41) is 19.7. The van der Waals surface area contributed by atoms with Gasteiger partial charge in [0.1, 0.15) is 17.7 Å². The lowest BCUT2D eigenvalue weighted by molar-refractivity contribution is -0.00177. The highest BCUT2D eigenvalue weighted by Gasteiger charge is 2.27. The van der Waals surface area contributed by atoms with E-state index >= 15 is 0 Å². The lowest BCUT2D eigenvalue weighted by atomic mass is 10.0. The Labute approximate surface area is 173 Å². The van der Waals surface area contributed by atoms with Gasteiger partial charge < -0.3 is 21.5 Å². The number of anilines is 2. The number of aromatic nitrogens is 4. The van der Waals surface area contributed by atoms with E-state index in [1.54, 1.807) is 28.9 Å². The summed E-state index contributed by atoms with van der Waals surface area (Å²) in [6, 6.07) is 5.15. The average Bonchev–Trinajstić information content (AvgIpc) is 3.07. The quantitative estimate of drug-likeness (QED) is 0.464. The molecule has 0 radical (unpaired) electrons. The molecular weight excluding hydrogens is 389 g/mol. The lowest BCUT2D eigenvalue weighted by Gasteiger charge is -2.23. The molecule has 0 fully saturated rings. The summed E-state index contributed by atoms with van der Waals surface area (Å²) in [7, 11) is 0. The molecule has 0 aliphatic heterocycles. The van der Waals surface area contributed by atoms with Crippen molar-refractivity contribution in [1.82, 2.24) is 24.9 Å². The molecule has 0 aliphatic carbocycles. The van der Waals surface area contributed by atoms with E-state index in [2.05, 4.69) is 25.7 Å². The van der Waals surface area contributed by atoms with Crippen LogP contribution in [0.1, 0.15) is 38.1 Å². The Bertz CT molecular complexity index is 1060. The van der Waals surface area contributed by atoms with E-state index in [0.29, 0.717) is 28.5 Å². The number of halogens is 1. The van der Waals surface area contributed by atoms with Crippen LogP contribution in [0.3, 0.4) is 0 Å². The molecule has 3 aromatic rings. The van der Waals surface area contributed by atoms with E-state index < -0.39 is 17.7 Å². The van der Waals surface area contributed by atoms with Gasteiger partial charge in [-0.05, 0) is 45.9 Å². The predicted molar refractivity (Wildman–Crippen MR) is 113 cm³/mol. The molecule has 0 aliphatic rings. The first kappa shape index (κ1) is 21.4. The summed E-state index contributed by atoms with van der Waals surface area (Å²) < 4.78 is 15.6. The van der Waals surface area contributed by atoms with Crippen molar-refractivity contribution in [3.8, 4) is 11.4 Å². The Morgan fingerprint density at radius 2 is 2.03 bits per heavy atom. The molecule has 1 atom stereocenters. The van der Waals surface area contributed by atoms with Gasteiger partial charge in [-0.3, -0.25) is 9.78 Å². The predicted octanol–water partition coefficient (Wildman–Crippen LogP) is 2.03. The molecule has 3 aromatic heterocycles. The summed E-state index contributed by atoms with van der Waals surface area (Å²) in [6.07, 6.45) is 1.43. The van der Waals surface area contributed by atoms with Gasteiger partial charge in [0.05, 0.1) is 35.3 Å². The number of pyridine rings is 1. The molecule has 0 saturated heterocycles. The minimum Gasteiger partial charge on any atom is -0.387 e. The molecule has 0 bridgehead atoms. The minimum absolute atomic E-state index is 0.0352. The molecule has 3 heterocycles. The van der Waals surface area contributed by atoms with Gasteiger partial charge in [-0.15, -0.1) is 5.10 Å². The van der Waals surface area contributed by atoms with E-state index in [0.717, 1.165) is 0 Å². The van der Waals surface area contributed by atoms with E-state index in [1.165, 1.54) is 20.0 Å². The van der Waals surface area contributed by atoms with Gasteiger partial charge in [-0.2, -0.15) is 0 Å². The summed E-state index contributed by atoms with van der Waals surface area (Å²) in [4.78, 5) is 21.3. The highest BCUT2D eigenvalue weighted by Crippen LogP contribution is 2.25. The fourth-order valence-corrected chi connectivity index (χ4v) is 2.80. The van der Waals surface area contributed by atoms with Crippen LogP contribution in [0.2, 0.25) is 0 Å². The first-order valence-corrected chi connectivity index (χ1v) is 9.58. The number of fused-ring (bicyclic) bond motifs is 1. The van der Waals surface area contributed by atoms with Crippen LogP contribution < -0.4 is 16.4 Å². The van der Waals surface area contributed by atoms with Crippen LogP contribution in [0.5, 0.6) is 0 Å². The molecule has 0 spiro atoms. The van der Waals surface area contributed by atoms with Crippen molar-refractivity contribution in [1.29, 1.82) is 0 Å². The van der Waals surface area contributed by atoms with Crippen LogP contribution in [-0.2, 0) is 0 Å². The number of carbonyl (C=O) groups excluding carboxylic acids is 1. The molecule has 30 heavy (non-hydrogen) atoms. The Morgan fingerprint density at radius 1 is 1.30 bits per heavy atom. The Hall–Kier alpha value is -3.27.